The Labute approximate surface area is 124 Å². The Kier molecular flexibility index (Phi) is 5.11. The van der Waals surface area contributed by atoms with E-state index in [9.17, 15) is 4.79 Å². The van der Waals surface area contributed by atoms with Gasteiger partial charge >= 0.3 is 0 Å². The van der Waals surface area contributed by atoms with Crippen LogP contribution in [0.1, 0.15) is 49.3 Å². The van der Waals surface area contributed by atoms with Crippen LogP contribution < -0.4 is 5.48 Å². The number of benzene rings is 1. The third-order valence-corrected chi connectivity index (χ3v) is 3.03. The standard InChI is InChI=1S/C16H21N3O2/c1-4-10-21-18-16(20)14-11-15(12(2)3)19(17-14)13-8-6-5-7-9-13/h5-9,11-12H,4,10H2,1-3H3,(H,18,20). The molecular formula is C16H21N3O2. The summed E-state index contributed by atoms with van der Waals surface area (Å²) in [5, 5.41) is 4.40. The third kappa shape index (κ3) is 3.70. The molecule has 1 heterocycles. The van der Waals surface area contributed by atoms with Crippen LogP contribution in [0.4, 0.5) is 0 Å². The van der Waals surface area contributed by atoms with Gasteiger partial charge in [0.2, 0.25) is 0 Å². The molecule has 0 aliphatic carbocycles. The van der Waals surface area contributed by atoms with Crippen LogP contribution in [-0.2, 0) is 4.84 Å². The van der Waals surface area contributed by atoms with Gasteiger partial charge in [0.15, 0.2) is 5.69 Å². The first-order valence-corrected chi connectivity index (χ1v) is 7.21. The van der Waals surface area contributed by atoms with Gasteiger partial charge in [0.1, 0.15) is 0 Å². The van der Waals surface area contributed by atoms with Crippen molar-refractivity contribution < 1.29 is 9.63 Å². The molecule has 0 saturated heterocycles. The molecule has 1 N–H and O–H groups in total. The number of para-hydroxylation sites is 1. The number of nitrogens with one attached hydrogen (secondary N) is 1. The predicted octanol–water partition coefficient (Wildman–Crippen LogP) is 3.07. The summed E-state index contributed by atoms with van der Waals surface area (Å²) >= 11 is 0. The first-order chi connectivity index (χ1) is 10.1. The van der Waals surface area contributed by atoms with E-state index in [-0.39, 0.29) is 11.8 Å². The van der Waals surface area contributed by atoms with E-state index in [0.29, 0.717) is 12.3 Å². The number of rotatable bonds is 6. The molecule has 2 rings (SSSR count). The minimum atomic E-state index is -0.319. The Morgan fingerprint density at radius 3 is 2.67 bits per heavy atom. The van der Waals surface area contributed by atoms with Crippen molar-refractivity contribution in [1.29, 1.82) is 0 Å². The fourth-order valence-electron chi connectivity index (χ4n) is 1.96. The Hall–Kier alpha value is -2.14. The molecule has 0 bridgehead atoms. The summed E-state index contributed by atoms with van der Waals surface area (Å²) in [5.74, 6) is -0.0594. The molecule has 0 fully saturated rings. The number of carbonyl (C=O) groups is 1. The van der Waals surface area contributed by atoms with E-state index in [1.54, 1.807) is 4.68 Å². The van der Waals surface area contributed by atoms with E-state index in [1.807, 2.05) is 43.3 Å². The van der Waals surface area contributed by atoms with Crippen LogP contribution in [0.5, 0.6) is 0 Å². The van der Waals surface area contributed by atoms with Crippen LogP contribution in [-0.4, -0.2) is 22.3 Å². The second kappa shape index (κ2) is 7.04. The Bertz CT molecular complexity index is 591. The molecule has 21 heavy (non-hydrogen) atoms. The Morgan fingerprint density at radius 1 is 1.33 bits per heavy atom. The molecule has 0 aliphatic heterocycles. The number of amides is 1. The highest BCUT2D eigenvalue weighted by atomic mass is 16.6. The van der Waals surface area contributed by atoms with Crippen molar-refractivity contribution in [3.8, 4) is 5.69 Å². The summed E-state index contributed by atoms with van der Waals surface area (Å²) in [4.78, 5) is 17.1. The van der Waals surface area contributed by atoms with E-state index < -0.39 is 0 Å². The minimum Gasteiger partial charge on any atom is -0.273 e. The molecule has 5 heteroatoms. The monoisotopic (exact) mass is 287 g/mol. The van der Waals surface area contributed by atoms with Gasteiger partial charge in [-0.05, 0) is 30.5 Å². The first kappa shape index (κ1) is 15.3. The van der Waals surface area contributed by atoms with Gasteiger partial charge in [-0.1, -0.05) is 39.0 Å². The van der Waals surface area contributed by atoms with Crippen LogP contribution in [0.25, 0.3) is 5.69 Å². The van der Waals surface area contributed by atoms with Crippen molar-refractivity contribution in [2.45, 2.75) is 33.1 Å². The maximum absolute atomic E-state index is 12.0. The highest BCUT2D eigenvalue weighted by Gasteiger charge is 2.17. The van der Waals surface area contributed by atoms with Crippen molar-refractivity contribution in [3.05, 3.63) is 47.8 Å². The first-order valence-electron chi connectivity index (χ1n) is 7.21. The van der Waals surface area contributed by atoms with Crippen LogP contribution in [0, 0.1) is 0 Å². The summed E-state index contributed by atoms with van der Waals surface area (Å²) in [5.41, 5.74) is 4.70. The molecule has 5 nitrogen and oxygen atoms in total. The number of aromatic nitrogens is 2. The van der Waals surface area contributed by atoms with Crippen molar-refractivity contribution in [2.75, 3.05) is 6.61 Å². The van der Waals surface area contributed by atoms with Crippen molar-refractivity contribution >= 4 is 5.91 Å². The van der Waals surface area contributed by atoms with Gasteiger partial charge in [0, 0.05) is 5.69 Å². The van der Waals surface area contributed by atoms with Crippen LogP contribution in [0.2, 0.25) is 0 Å². The SMILES string of the molecule is CCCONC(=O)c1cc(C(C)C)n(-c2ccccc2)n1. The summed E-state index contributed by atoms with van der Waals surface area (Å²) < 4.78 is 1.80. The number of hydrogen-bond donors (Lipinski definition) is 1. The molecule has 0 aliphatic rings. The molecule has 1 aromatic heterocycles. The molecule has 1 aromatic carbocycles. The lowest BCUT2D eigenvalue weighted by Crippen LogP contribution is -2.24. The summed E-state index contributed by atoms with van der Waals surface area (Å²) in [6.07, 6.45) is 0.843. The topological polar surface area (TPSA) is 56.1 Å². The molecule has 0 radical (unpaired) electrons. The quantitative estimate of drug-likeness (QED) is 0.656. The largest absolute Gasteiger partial charge is 0.295 e. The zero-order valence-electron chi connectivity index (χ0n) is 12.7. The fraction of sp³-hybridized carbons (Fsp3) is 0.375. The highest BCUT2D eigenvalue weighted by molar-refractivity contribution is 5.91. The second-order valence-electron chi connectivity index (χ2n) is 5.14. The van der Waals surface area contributed by atoms with Crippen molar-refractivity contribution in [1.82, 2.24) is 15.3 Å². The molecule has 0 unspecified atom stereocenters. The Balaban J connectivity index is 2.27. The lowest BCUT2D eigenvalue weighted by Gasteiger charge is -2.09. The smallest absolute Gasteiger partial charge is 0.273 e. The normalized spacial score (nSPS) is 10.9. The molecule has 0 saturated carbocycles. The molecule has 1 amide bonds. The fourth-order valence-corrected chi connectivity index (χ4v) is 1.96. The number of carbonyl (C=O) groups excluding carboxylic acids is 1. The molecule has 0 spiro atoms. The molecule has 112 valence electrons. The van der Waals surface area contributed by atoms with E-state index in [2.05, 4.69) is 24.4 Å². The summed E-state index contributed by atoms with van der Waals surface area (Å²) in [6.45, 7) is 6.62. The van der Waals surface area contributed by atoms with Crippen LogP contribution in [0.3, 0.4) is 0 Å². The number of nitrogens with zero attached hydrogens (tertiary/aromatic N) is 2. The average molecular weight is 287 g/mol. The summed E-state index contributed by atoms with van der Waals surface area (Å²) in [6, 6.07) is 11.6. The van der Waals surface area contributed by atoms with E-state index in [1.165, 1.54) is 0 Å². The van der Waals surface area contributed by atoms with Gasteiger partial charge in [-0.25, -0.2) is 10.2 Å². The van der Waals surface area contributed by atoms with Gasteiger partial charge in [0.25, 0.3) is 5.91 Å². The number of hydroxylamine groups is 1. The molecule has 2 aromatic rings. The highest BCUT2D eigenvalue weighted by Crippen LogP contribution is 2.20. The van der Waals surface area contributed by atoms with Gasteiger partial charge < -0.3 is 0 Å². The lowest BCUT2D eigenvalue weighted by molar-refractivity contribution is 0.0310. The predicted molar refractivity (Wildman–Crippen MR) is 81.4 cm³/mol. The molecule has 0 atom stereocenters. The van der Waals surface area contributed by atoms with Crippen molar-refractivity contribution in [3.63, 3.8) is 0 Å². The van der Waals surface area contributed by atoms with Crippen molar-refractivity contribution in [2.24, 2.45) is 0 Å². The Morgan fingerprint density at radius 2 is 2.05 bits per heavy atom. The van der Waals surface area contributed by atoms with Gasteiger partial charge in [-0.2, -0.15) is 5.10 Å². The van der Waals surface area contributed by atoms with Crippen LogP contribution >= 0.6 is 0 Å². The summed E-state index contributed by atoms with van der Waals surface area (Å²) in [7, 11) is 0. The van der Waals surface area contributed by atoms with Crippen LogP contribution in [0.15, 0.2) is 36.4 Å². The van der Waals surface area contributed by atoms with E-state index >= 15 is 0 Å². The van der Waals surface area contributed by atoms with E-state index in [0.717, 1.165) is 17.8 Å². The minimum absolute atomic E-state index is 0.260. The lowest BCUT2D eigenvalue weighted by atomic mass is 10.1. The molecular weight excluding hydrogens is 266 g/mol. The third-order valence-electron chi connectivity index (χ3n) is 3.03. The maximum atomic E-state index is 12.0. The van der Waals surface area contributed by atoms with Gasteiger partial charge in [0.05, 0.1) is 12.3 Å². The van der Waals surface area contributed by atoms with Gasteiger partial charge in [-0.3, -0.25) is 9.63 Å². The zero-order chi connectivity index (χ0) is 15.2. The maximum Gasteiger partial charge on any atom is 0.295 e. The number of hydrogen-bond acceptors (Lipinski definition) is 3. The van der Waals surface area contributed by atoms with Gasteiger partial charge in [-0.15, -0.1) is 0 Å². The second-order valence-corrected chi connectivity index (χ2v) is 5.14. The zero-order valence-corrected chi connectivity index (χ0v) is 12.7. The van der Waals surface area contributed by atoms with E-state index in [4.69, 9.17) is 4.84 Å². The average Bonchev–Trinajstić information content (AvgIpc) is 2.94.